The van der Waals surface area contributed by atoms with E-state index in [9.17, 15) is 10.4 Å². The van der Waals surface area contributed by atoms with Gasteiger partial charge in [-0.05, 0) is 30.2 Å². The summed E-state index contributed by atoms with van der Waals surface area (Å²) < 4.78 is 5.63. The lowest BCUT2D eigenvalue weighted by atomic mass is 9.67. The fourth-order valence-electron chi connectivity index (χ4n) is 3.85. The molecule has 0 fully saturated rings. The van der Waals surface area contributed by atoms with Gasteiger partial charge >= 0.3 is 0 Å². The van der Waals surface area contributed by atoms with E-state index >= 15 is 0 Å². The van der Waals surface area contributed by atoms with Crippen molar-refractivity contribution in [2.24, 2.45) is 5.92 Å². The van der Waals surface area contributed by atoms with Crippen LogP contribution < -0.4 is 0 Å². The summed E-state index contributed by atoms with van der Waals surface area (Å²) in [7, 11) is 0. The molecular weight excluding hydrogens is 326 g/mol. The fourth-order valence-corrected chi connectivity index (χ4v) is 3.85. The monoisotopic (exact) mass is 343 g/mol. The quantitative estimate of drug-likeness (QED) is 0.731. The van der Waals surface area contributed by atoms with Gasteiger partial charge in [0.1, 0.15) is 5.75 Å². The van der Waals surface area contributed by atoms with Crippen molar-refractivity contribution in [1.82, 2.24) is 5.16 Å². The Labute approximate surface area is 151 Å². The highest BCUT2D eigenvalue weighted by Crippen LogP contribution is 2.47. The Bertz CT molecular complexity index is 1020. The van der Waals surface area contributed by atoms with Gasteiger partial charge in [0.2, 0.25) is 0 Å². The van der Waals surface area contributed by atoms with E-state index in [2.05, 4.69) is 11.2 Å². The van der Waals surface area contributed by atoms with Gasteiger partial charge in [-0.2, -0.15) is 5.26 Å². The maximum Gasteiger partial charge on any atom is 0.153 e. The van der Waals surface area contributed by atoms with Crippen LogP contribution in [0, 0.1) is 29.6 Å². The summed E-state index contributed by atoms with van der Waals surface area (Å²) in [5, 5.41) is 32.6. The molecule has 2 N–H and O–H groups in total. The van der Waals surface area contributed by atoms with Gasteiger partial charge in [-0.15, -0.1) is 0 Å². The molecule has 0 bridgehead atoms. The van der Waals surface area contributed by atoms with Crippen molar-refractivity contribution >= 4 is 5.71 Å². The van der Waals surface area contributed by atoms with Gasteiger partial charge in [0.15, 0.2) is 5.76 Å². The number of phenolic OH excluding ortho intramolecular Hbond substituents is 1. The van der Waals surface area contributed by atoms with Crippen LogP contribution in [0.1, 0.15) is 40.0 Å². The van der Waals surface area contributed by atoms with Crippen LogP contribution in [0.15, 0.2) is 59.1 Å². The number of aryl methyl sites for hydroxylation is 1. The first-order chi connectivity index (χ1) is 12.6. The van der Waals surface area contributed by atoms with Crippen molar-refractivity contribution < 1.29 is 9.63 Å². The molecule has 5 heteroatoms. The van der Waals surface area contributed by atoms with Crippen LogP contribution in [-0.4, -0.2) is 16.0 Å². The van der Waals surface area contributed by atoms with E-state index in [0.717, 1.165) is 22.4 Å². The first-order valence-corrected chi connectivity index (χ1v) is 8.39. The zero-order chi connectivity index (χ0) is 18.3. The van der Waals surface area contributed by atoms with Crippen LogP contribution >= 0.6 is 0 Å². The molecule has 0 aliphatic heterocycles. The third-order valence-electron chi connectivity index (χ3n) is 4.99. The van der Waals surface area contributed by atoms with Crippen molar-refractivity contribution in [1.29, 1.82) is 10.7 Å². The molecule has 3 atom stereocenters. The van der Waals surface area contributed by atoms with E-state index in [0.29, 0.717) is 5.76 Å². The Kier molecular flexibility index (Phi) is 3.81. The molecule has 4 rings (SSSR count). The molecule has 1 aromatic heterocycles. The molecule has 0 saturated carbocycles. The Morgan fingerprint density at radius 2 is 1.85 bits per heavy atom. The highest BCUT2D eigenvalue weighted by molar-refractivity contribution is 5.97. The van der Waals surface area contributed by atoms with Crippen LogP contribution in [0.3, 0.4) is 0 Å². The first kappa shape index (κ1) is 16.1. The molecule has 0 spiro atoms. The number of rotatable bonds is 2. The number of aromatic nitrogens is 1. The van der Waals surface area contributed by atoms with Crippen molar-refractivity contribution in [2.75, 3.05) is 0 Å². The summed E-state index contributed by atoms with van der Waals surface area (Å²) in [6.45, 7) is 1.86. The lowest BCUT2D eigenvalue weighted by Crippen LogP contribution is -2.33. The molecule has 3 aromatic rings. The number of nitriles is 1. The number of phenols is 1. The number of nitrogens with zero attached hydrogens (tertiary/aromatic N) is 2. The summed E-state index contributed by atoms with van der Waals surface area (Å²) in [6, 6.07) is 18.8. The molecule has 26 heavy (non-hydrogen) atoms. The smallest absolute Gasteiger partial charge is 0.153 e. The van der Waals surface area contributed by atoms with Crippen molar-refractivity contribution in [3.63, 3.8) is 0 Å². The lowest BCUT2D eigenvalue weighted by molar-refractivity contribution is 0.373. The van der Waals surface area contributed by atoms with E-state index in [1.807, 2.05) is 43.3 Å². The van der Waals surface area contributed by atoms with Gasteiger partial charge in [-0.1, -0.05) is 47.6 Å². The number of fused-ring (bicyclic) bond motifs is 1. The molecule has 5 nitrogen and oxygen atoms in total. The first-order valence-electron chi connectivity index (χ1n) is 8.39. The molecule has 128 valence electrons. The summed E-state index contributed by atoms with van der Waals surface area (Å²) in [6.07, 6.45) is 0. The number of hydrogen-bond acceptors (Lipinski definition) is 5. The van der Waals surface area contributed by atoms with Gasteiger partial charge in [0, 0.05) is 17.2 Å². The van der Waals surface area contributed by atoms with Crippen molar-refractivity contribution in [3.8, 4) is 11.8 Å². The second kappa shape index (κ2) is 6.16. The second-order valence-corrected chi connectivity index (χ2v) is 6.52. The van der Waals surface area contributed by atoms with Crippen molar-refractivity contribution in [2.45, 2.75) is 18.8 Å². The van der Waals surface area contributed by atoms with Gasteiger partial charge in [0.05, 0.1) is 23.6 Å². The maximum absolute atomic E-state index is 9.88. The Hall–Kier alpha value is -3.39. The van der Waals surface area contributed by atoms with Crippen molar-refractivity contribution in [3.05, 3.63) is 82.7 Å². The minimum atomic E-state index is -0.629. The molecule has 0 amide bonds. The lowest BCUT2D eigenvalue weighted by Gasteiger charge is -2.33. The number of hydrogen-bond donors (Lipinski definition) is 2. The Morgan fingerprint density at radius 1 is 1.12 bits per heavy atom. The van der Waals surface area contributed by atoms with E-state index < -0.39 is 11.8 Å². The van der Waals surface area contributed by atoms with Crippen LogP contribution in [0.5, 0.6) is 5.75 Å². The van der Waals surface area contributed by atoms with E-state index in [4.69, 9.17) is 9.93 Å². The molecule has 2 aromatic carbocycles. The Balaban J connectivity index is 1.95. The zero-order valence-corrected chi connectivity index (χ0v) is 14.2. The number of aromatic hydroxyl groups is 1. The molecule has 1 unspecified atom stereocenters. The highest BCUT2D eigenvalue weighted by atomic mass is 16.5. The molecule has 0 radical (unpaired) electrons. The third-order valence-corrected chi connectivity index (χ3v) is 4.99. The van der Waals surface area contributed by atoms with Gasteiger partial charge in [-0.25, -0.2) is 0 Å². The molecule has 1 heterocycles. The van der Waals surface area contributed by atoms with Crippen LogP contribution in [0.25, 0.3) is 0 Å². The topological polar surface area (TPSA) is 93.9 Å². The molecule has 0 saturated heterocycles. The summed E-state index contributed by atoms with van der Waals surface area (Å²) >= 11 is 0. The zero-order valence-electron chi connectivity index (χ0n) is 14.2. The van der Waals surface area contributed by atoms with Gasteiger partial charge < -0.3 is 15.0 Å². The number of benzene rings is 2. The minimum absolute atomic E-state index is 0.117. The molecule has 1 aliphatic rings. The van der Waals surface area contributed by atoms with Crippen LogP contribution in [0.4, 0.5) is 0 Å². The van der Waals surface area contributed by atoms with Crippen LogP contribution in [0.2, 0.25) is 0 Å². The normalized spacial score (nSPS) is 21.8. The van der Waals surface area contributed by atoms with Crippen LogP contribution in [-0.2, 0) is 0 Å². The van der Waals surface area contributed by atoms with Gasteiger partial charge in [0.25, 0.3) is 0 Å². The minimum Gasteiger partial charge on any atom is -0.508 e. The average Bonchev–Trinajstić information content (AvgIpc) is 3.02. The predicted molar refractivity (Wildman–Crippen MR) is 96.3 cm³/mol. The van der Waals surface area contributed by atoms with Gasteiger partial charge in [-0.3, -0.25) is 0 Å². The molecular formula is C21H17N3O2. The third kappa shape index (κ3) is 2.39. The highest BCUT2D eigenvalue weighted by Gasteiger charge is 2.45. The second-order valence-electron chi connectivity index (χ2n) is 6.52. The number of nitrogens with one attached hydrogen (secondary N) is 1. The average molecular weight is 343 g/mol. The summed E-state index contributed by atoms with van der Waals surface area (Å²) in [4.78, 5) is 0. The maximum atomic E-state index is 9.88. The SMILES string of the molecule is Cc1noc2c1[C@@H](c1ccccc1)C(C#N)C(=N)[C@@H]2c1cccc(O)c1. The van der Waals surface area contributed by atoms with E-state index in [1.54, 1.807) is 18.2 Å². The fraction of sp³-hybridized carbons (Fsp3) is 0.190. The van der Waals surface area contributed by atoms with E-state index in [-0.39, 0.29) is 17.4 Å². The standard InChI is InChI=1S/C21H17N3O2/c1-12-17-18(13-6-3-2-4-7-13)16(11-22)20(23)19(21(17)26-24-12)14-8-5-9-15(25)10-14/h2-10,16,18-19,23,25H,1H3/t16?,18-,19-/m0/s1. The predicted octanol–water partition coefficient (Wildman–Crippen LogP) is 4.13. The summed E-state index contributed by atoms with van der Waals surface area (Å²) in [5.41, 5.74) is 3.54. The Morgan fingerprint density at radius 3 is 2.54 bits per heavy atom. The summed E-state index contributed by atoms with van der Waals surface area (Å²) in [5.74, 6) is -0.744. The largest absolute Gasteiger partial charge is 0.508 e. The molecule has 1 aliphatic carbocycles. The van der Waals surface area contributed by atoms with E-state index in [1.165, 1.54) is 0 Å².